The topological polar surface area (TPSA) is 69.7 Å². The summed E-state index contributed by atoms with van der Waals surface area (Å²) in [7, 11) is -3.48. The Morgan fingerprint density at radius 2 is 1.67 bits per heavy atom. The number of amides is 1. The van der Waals surface area contributed by atoms with Crippen LogP contribution >= 0.6 is 0 Å². The number of benzene rings is 1. The Labute approximate surface area is 164 Å². The lowest BCUT2D eigenvalue weighted by atomic mass is 9.99. The van der Waals surface area contributed by atoms with E-state index in [-0.39, 0.29) is 5.91 Å². The maximum Gasteiger partial charge on any atom is 0.243 e. The first-order chi connectivity index (χ1) is 12.7. The van der Waals surface area contributed by atoms with E-state index >= 15 is 0 Å². The molecule has 1 aliphatic rings. The molecule has 0 radical (unpaired) electrons. The van der Waals surface area contributed by atoms with Gasteiger partial charge in [-0.25, -0.2) is 8.42 Å². The molecule has 1 saturated heterocycles. The van der Waals surface area contributed by atoms with Crippen molar-refractivity contribution in [3.63, 3.8) is 0 Å². The van der Waals surface area contributed by atoms with E-state index in [9.17, 15) is 13.2 Å². The number of nitrogens with zero attached hydrogens (tertiary/aromatic N) is 2. The molecule has 6 nitrogen and oxygen atoms in total. The lowest BCUT2D eigenvalue weighted by Crippen LogP contribution is -2.51. The number of carbonyl (C=O) groups excluding carboxylic acids is 1. The summed E-state index contributed by atoms with van der Waals surface area (Å²) in [4.78, 5) is 14.3. The van der Waals surface area contributed by atoms with Crippen molar-refractivity contribution in [3.05, 3.63) is 29.8 Å². The Morgan fingerprint density at radius 1 is 1.07 bits per heavy atom. The molecule has 0 bridgehead atoms. The van der Waals surface area contributed by atoms with Gasteiger partial charge in [-0.1, -0.05) is 39.8 Å². The first-order valence-corrected chi connectivity index (χ1v) is 11.3. The normalized spacial score (nSPS) is 17.8. The number of rotatable bonds is 8. The zero-order chi connectivity index (χ0) is 20.0. The lowest BCUT2D eigenvalue weighted by molar-refractivity contribution is -0.122. The second-order valence-electron chi connectivity index (χ2n) is 7.76. The molecule has 0 spiro atoms. The predicted molar refractivity (Wildman–Crippen MR) is 108 cm³/mol. The average Bonchev–Trinajstić information content (AvgIpc) is 2.66. The molecule has 152 valence electrons. The van der Waals surface area contributed by atoms with Crippen LogP contribution in [-0.4, -0.2) is 62.8 Å². The molecule has 1 aromatic rings. The van der Waals surface area contributed by atoms with Crippen molar-refractivity contribution >= 4 is 15.9 Å². The van der Waals surface area contributed by atoms with Gasteiger partial charge >= 0.3 is 0 Å². The standard InChI is InChI=1S/C20H33N3O3S/c1-5-17(4)18-6-8-19(9-7-18)27(25,26)23-12-10-22(11-13-23)15-20(24)21-14-16(2)3/h6-9,16-17H,5,10-15H2,1-4H3,(H,21,24)/t17-/m0/s1. The molecule has 27 heavy (non-hydrogen) atoms. The molecule has 0 unspecified atom stereocenters. The van der Waals surface area contributed by atoms with E-state index in [0.29, 0.717) is 56.0 Å². The first kappa shape index (κ1) is 21.9. The Hall–Kier alpha value is -1.44. The fourth-order valence-electron chi connectivity index (χ4n) is 3.06. The fourth-order valence-corrected chi connectivity index (χ4v) is 4.48. The monoisotopic (exact) mass is 395 g/mol. The molecule has 1 atom stereocenters. The van der Waals surface area contributed by atoms with Crippen LogP contribution in [0.15, 0.2) is 29.2 Å². The van der Waals surface area contributed by atoms with E-state index in [1.807, 2.05) is 17.0 Å². The minimum absolute atomic E-state index is 0.000592. The summed E-state index contributed by atoms with van der Waals surface area (Å²) in [5.74, 6) is 0.843. The number of nitrogens with one attached hydrogen (secondary N) is 1. The second kappa shape index (κ2) is 9.66. The Morgan fingerprint density at radius 3 is 2.19 bits per heavy atom. The third-order valence-corrected chi connectivity index (χ3v) is 7.02. The maximum absolute atomic E-state index is 12.9. The molecule has 1 amide bonds. The van der Waals surface area contributed by atoms with Crippen LogP contribution in [0.2, 0.25) is 0 Å². The molecular weight excluding hydrogens is 362 g/mol. The van der Waals surface area contributed by atoms with Gasteiger partial charge in [0.2, 0.25) is 15.9 Å². The van der Waals surface area contributed by atoms with Crippen LogP contribution in [0.4, 0.5) is 0 Å². The molecule has 2 rings (SSSR count). The van der Waals surface area contributed by atoms with Gasteiger partial charge in [0.15, 0.2) is 0 Å². The van der Waals surface area contributed by atoms with Crippen molar-refractivity contribution in [3.8, 4) is 0 Å². The summed E-state index contributed by atoms with van der Waals surface area (Å²) in [6, 6.07) is 7.25. The van der Waals surface area contributed by atoms with Gasteiger partial charge in [0.25, 0.3) is 0 Å². The van der Waals surface area contributed by atoms with Crippen molar-refractivity contribution in [1.29, 1.82) is 0 Å². The molecule has 1 heterocycles. The number of carbonyl (C=O) groups is 1. The highest BCUT2D eigenvalue weighted by atomic mass is 32.2. The molecule has 1 aliphatic heterocycles. The lowest BCUT2D eigenvalue weighted by Gasteiger charge is -2.33. The highest BCUT2D eigenvalue weighted by Gasteiger charge is 2.29. The van der Waals surface area contributed by atoms with Crippen molar-refractivity contribution < 1.29 is 13.2 Å². The summed E-state index contributed by atoms with van der Waals surface area (Å²) in [6.45, 7) is 11.3. The van der Waals surface area contributed by atoms with Gasteiger partial charge in [-0.3, -0.25) is 9.69 Å². The van der Waals surface area contributed by atoms with E-state index in [0.717, 1.165) is 12.0 Å². The van der Waals surface area contributed by atoms with Crippen molar-refractivity contribution in [2.24, 2.45) is 5.92 Å². The molecule has 0 aromatic heterocycles. The third kappa shape index (κ3) is 6.02. The number of hydrogen-bond acceptors (Lipinski definition) is 4. The summed E-state index contributed by atoms with van der Waals surface area (Å²) >= 11 is 0. The predicted octanol–water partition coefficient (Wildman–Crippen LogP) is 2.28. The average molecular weight is 396 g/mol. The quantitative estimate of drug-likeness (QED) is 0.733. The highest BCUT2D eigenvalue weighted by Crippen LogP contribution is 2.23. The van der Waals surface area contributed by atoms with Crippen LogP contribution in [0, 0.1) is 5.92 Å². The van der Waals surface area contributed by atoms with Crippen molar-refractivity contribution in [2.75, 3.05) is 39.3 Å². The molecule has 1 aromatic carbocycles. The van der Waals surface area contributed by atoms with E-state index in [2.05, 4.69) is 33.0 Å². The SMILES string of the molecule is CC[C@H](C)c1ccc(S(=O)(=O)N2CCN(CC(=O)NCC(C)C)CC2)cc1. The van der Waals surface area contributed by atoms with Gasteiger partial charge in [0.05, 0.1) is 11.4 Å². The Balaban J connectivity index is 1.91. The first-order valence-electron chi connectivity index (χ1n) is 9.83. The number of sulfonamides is 1. The van der Waals surface area contributed by atoms with Crippen LogP contribution in [0.25, 0.3) is 0 Å². The van der Waals surface area contributed by atoms with Gasteiger partial charge in [-0.15, -0.1) is 0 Å². The summed E-state index contributed by atoms with van der Waals surface area (Å²) in [5, 5.41) is 2.90. The number of hydrogen-bond donors (Lipinski definition) is 1. The van der Waals surface area contributed by atoms with E-state index < -0.39 is 10.0 Å². The Bertz CT molecular complexity index is 708. The van der Waals surface area contributed by atoms with Gasteiger partial charge in [-0.05, 0) is 36.0 Å². The van der Waals surface area contributed by atoms with Crippen LogP contribution in [0.5, 0.6) is 0 Å². The highest BCUT2D eigenvalue weighted by molar-refractivity contribution is 7.89. The van der Waals surface area contributed by atoms with Gasteiger partial charge < -0.3 is 5.32 Å². The second-order valence-corrected chi connectivity index (χ2v) is 9.69. The Kier molecular flexibility index (Phi) is 7.82. The fraction of sp³-hybridized carbons (Fsp3) is 0.650. The summed E-state index contributed by atoms with van der Waals surface area (Å²) in [5.41, 5.74) is 1.16. The smallest absolute Gasteiger partial charge is 0.243 e. The maximum atomic E-state index is 12.9. The van der Waals surface area contributed by atoms with Crippen LogP contribution in [0.3, 0.4) is 0 Å². The van der Waals surface area contributed by atoms with Gasteiger partial charge in [0, 0.05) is 32.7 Å². The van der Waals surface area contributed by atoms with Crippen LogP contribution in [-0.2, 0) is 14.8 Å². The van der Waals surface area contributed by atoms with Crippen LogP contribution < -0.4 is 5.32 Å². The molecule has 1 N–H and O–H groups in total. The molecule has 0 aliphatic carbocycles. The van der Waals surface area contributed by atoms with Gasteiger partial charge in [-0.2, -0.15) is 4.31 Å². The van der Waals surface area contributed by atoms with E-state index in [1.54, 1.807) is 12.1 Å². The van der Waals surface area contributed by atoms with Crippen LogP contribution in [0.1, 0.15) is 45.6 Å². The number of piperazine rings is 1. The zero-order valence-electron chi connectivity index (χ0n) is 16.9. The molecule has 0 saturated carbocycles. The molecule has 1 fully saturated rings. The van der Waals surface area contributed by atoms with Crippen molar-refractivity contribution in [2.45, 2.75) is 44.9 Å². The third-order valence-electron chi connectivity index (χ3n) is 5.11. The minimum Gasteiger partial charge on any atom is -0.355 e. The van der Waals surface area contributed by atoms with E-state index in [1.165, 1.54) is 4.31 Å². The molecular formula is C20H33N3O3S. The van der Waals surface area contributed by atoms with Gasteiger partial charge in [0.1, 0.15) is 0 Å². The van der Waals surface area contributed by atoms with E-state index in [4.69, 9.17) is 0 Å². The largest absolute Gasteiger partial charge is 0.355 e. The minimum atomic E-state index is -3.48. The zero-order valence-corrected chi connectivity index (χ0v) is 17.8. The molecule has 7 heteroatoms. The summed E-state index contributed by atoms with van der Waals surface area (Å²) < 4.78 is 27.3. The summed E-state index contributed by atoms with van der Waals surface area (Å²) in [6.07, 6.45) is 1.03. The van der Waals surface area contributed by atoms with Crippen molar-refractivity contribution in [1.82, 2.24) is 14.5 Å².